The smallest absolute Gasteiger partial charge is 0.251 e. The summed E-state index contributed by atoms with van der Waals surface area (Å²) in [5.74, 6) is 0.999. The lowest BCUT2D eigenvalue weighted by atomic mass is 9.78. The number of aryl methyl sites for hydroxylation is 1. The Morgan fingerprint density at radius 2 is 1.78 bits per heavy atom. The molecule has 1 saturated heterocycles. The summed E-state index contributed by atoms with van der Waals surface area (Å²) in [5.41, 5.74) is 1.80. The summed E-state index contributed by atoms with van der Waals surface area (Å²) in [7, 11) is 0. The van der Waals surface area contributed by atoms with Gasteiger partial charge in [-0.1, -0.05) is 44.4 Å². The molecule has 4 atom stereocenters. The molecule has 3 rings (SSSR count). The Morgan fingerprint density at radius 1 is 1.09 bits per heavy atom. The van der Waals surface area contributed by atoms with Gasteiger partial charge in [-0.2, -0.15) is 0 Å². The van der Waals surface area contributed by atoms with Crippen LogP contribution in [0.3, 0.4) is 0 Å². The van der Waals surface area contributed by atoms with Crippen LogP contribution in [0.15, 0.2) is 24.3 Å². The Bertz CT molecular complexity index is 596. The van der Waals surface area contributed by atoms with Crippen molar-refractivity contribution in [3.05, 3.63) is 29.8 Å². The fourth-order valence-corrected chi connectivity index (χ4v) is 3.80. The highest BCUT2D eigenvalue weighted by Crippen LogP contribution is 2.31. The maximum absolute atomic E-state index is 12.7. The van der Waals surface area contributed by atoms with Crippen LogP contribution in [0.5, 0.6) is 0 Å². The van der Waals surface area contributed by atoms with E-state index in [1.165, 1.54) is 17.7 Å². The van der Waals surface area contributed by atoms with Crippen molar-refractivity contribution < 1.29 is 9.59 Å². The first-order valence-electron chi connectivity index (χ1n) is 8.67. The van der Waals surface area contributed by atoms with Crippen molar-refractivity contribution in [2.24, 2.45) is 11.8 Å². The first-order chi connectivity index (χ1) is 11.0. The molecular formula is C19H26N2O2. The predicted molar refractivity (Wildman–Crippen MR) is 91.2 cm³/mol. The molecule has 2 amide bonds. The van der Waals surface area contributed by atoms with Crippen molar-refractivity contribution in [3.8, 4) is 0 Å². The van der Waals surface area contributed by atoms with E-state index in [9.17, 15) is 9.59 Å². The summed E-state index contributed by atoms with van der Waals surface area (Å²) in [6.45, 7) is 6.52. The number of rotatable bonds is 3. The van der Waals surface area contributed by atoms with Crippen LogP contribution in [-0.2, 0) is 9.59 Å². The monoisotopic (exact) mass is 314 g/mol. The molecule has 1 N–H and O–H groups in total. The molecule has 1 aliphatic heterocycles. The van der Waals surface area contributed by atoms with Crippen molar-refractivity contribution in [2.45, 2.75) is 58.5 Å². The third-order valence-corrected chi connectivity index (χ3v) is 5.56. The van der Waals surface area contributed by atoms with Crippen LogP contribution in [0.25, 0.3) is 0 Å². The zero-order valence-electron chi connectivity index (χ0n) is 14.2. The normalized spacial score (nSPS) is 31.7. The van der Waals surface area contributed by atoms with E-state index < -0.39 is 0 Å². The first kappa shape index (κ1) is 16.2. The Labute approximate surface area is 138 Å². The molecule has 0 aromatic heterocycles. The van der Waals surface area contributed by atoms with Gasteiger partial charge in [-0.25, -0.2) is 4.90 Å². The molecule has 4 heteroatoms. The molecule has 0 radical (unpaired) electrons. The average Bonchev–Trinajstić information content (AvgIpc) is 2.79. The van der Waals surface area contributed by atoms with Crippen LogP contribution < -0.4 is 10.2 Å². The molecule has 0 spiro atoms. The molecule has 1 heterocycles. The molecule has 2 fully saturated rings. The zero-order chi connectivity index (χ0) is 16.6. The molecule has 1 aromatic carbocycles. The zero-order valence-corrected chi connectivity index (χ0v) is 14.2. The fourth-order valence-electron chi connectivity index (χ4n) is 3.80. The number of carbonyl (C=O) groups excluding carboxylic acids is 2. The second-order valence-electron chi connectivity index (χ2n) is 7.20. The van der Waals surface area contributed by atoms with Gasteiger partial charge in [0.05, 0.1) is 18.2 Å². The second-order valence-corrected chi connectivity index (χ2v) is 7.20. The number of amides is 2. The summed E-state index contributed by atoms with van der Waals surface area (Å²) in [5, 5.41) is 3.48. The minimum Gasteiger partial charge on any atom is -0.302 e. The predicted octanol–water partition coefficient (Wildman–Crippen LogP) is 3.04. The summed E-state index contributed by atoms with van der Waals surface area (Å²) < 4.78 is 0. The van der Waals surface area contributed by atoms with Crippen molar-refractivity contribution in [2.75, 3.05) is 4.90 Å². The van der Waals surface area contributed by atoms with Gasteiger partial charge in [-0.05, 0) is 37.3 Å². The molecule has 1 aliphatic carbocycles. The summed E-state index contributed by atoms with van der Waals surface area (Å²) in [4.78, 5) is 26.4. The van der Waals surface area contributed by atoms with Crippen LogP contribution in [0.4, 0.5) is 5.69 Å². The van der Waals surface area contributed by atoms with Crippen molar-refractivity contribution in [3.63, 3.8) is 0 Å². The Hall–Kier alpha value is -1.68. The van der Waals surface area contributed by atoms with E-state index in [0.717, 1.165) is 12.0 Å². The second kappa shape index (κ2) is 6.44. The highest BCUT2D eigenvalue weighted by Gasteiger charge is 2.41. The molecule has 4 nitrogen and oxygen atoms in total. The lowest BCUT2D eigenvalue weighted by molar-refractivity contribution is -0.121. The number of imide groups is 1. The van der Waals surface area contributed by atoms with Gasteiger partial charge in [0.15, 0.2) is 0 Å². The van der Waals surface area contributed by atoms with E-state index in [0.29, 0.717) is 23.6 Å². The minimum absolute atomic E-state index is 0.104. The van der Waals surface area contributed by atoms with Gasteiger partial charge >= 0.3 is 0 Å². The number of benzene rings is 1. The molecule has 23 heavy (non-hydrogen) atoms. The number of anilines is 1. The van der Waals surface area contributed by atoms with Gasteiger partial charge in [0.2, 0.25) is 5.91 Å². The average molecular weight is 314 g/mol. The molecule has 0 bridgehead atoms. The summed E-state index contributed by atoms with van der Waals surface area (Å²) in [6.07, 6.45) is 3.81. The SMILES string of the molecule is Cc1ccc(N2C(=O)C[C@@H](N[C@H]3CCC[C@@H](C)[C@@H]3C)C2=O)cc1. The molecule has 2 aliphatic rings. The third kappa shape index (κ3) is 3.18. The molecule has 124 valence electrons. The number of nitrogens with one attached hydrogen (secondary N) is 1. The van der Waals surface area contributed by atoms with Crippen molar-refractivity contribution >= 4 is 17.5 Å². The Balaban J connectivity index is 1.72. The molecule has 0 unspecified atom stereocenters. The van der Waals surface area contributed by atoms with E-state index in [2.05, 4.69) is 19.2 Å². The van der Waals surface area contributed by atoms with Crippen LogP contribution in [0.2, 0.25) is 0 Å². The van der Waals surface area contributed by atoms with Gasteiger partial charge in [0, 0.05) is 6.04 Å². The number of carbonyl (C=O) groups is 2. The van der Waals surface area contributed by atoms with Crippen LogP contribution in [0, 0.1) is 18.8 Å². The maximum Gasteiger partial charge on any atom is 0.251 e. The topological polar surface area (TPSA) is 49.4 Å². The minimum atomic E-state index is -0.374. The van der Waals surface area contributed by atoms with Gasteiger partial charge in [-0.15, -0.1) is 0 Å². The quantitative estimate of drug-likeness (QED) is 0.873. The van der Waals surface area contributed by atoms with Gasteiger partial charge in [0.25, 0.3) is 5.91 Å². The van der Waals surface area contributed by atoms with E-state index in [4.69, 9.17) is 0 Å². The molecule has 1 aromatic rings. The number of hydrogen-bond donors (Lipinski definition) is 1. The van der Waals surface area contributed by atoms with E-state index in [1.807, 2.05) is 31.2 Å². The summed E-state index contributed by atoms with van der Waals surface area (Å²) >= 11 is 0. The van der Waals surface area contributed by atoms with Gasteiger partial charge in [0.1, 0.15) is 0 Å². The lowest BCUT2D eigenvalue weighted by Gasteiger charge is -2.36. The van der Waals surface area contributed by atoms with Crippen LogP contribution >= 0.6 is 0 Å². The largest absolute Gasteiger partial charge is 0.302 e. The van der Waals surface area contributed by atoms with Gasteiger partial charge < -0.3 is 5.32 Å². The third-order valence-electron chi connectivity index (χ3n) is 5.56. The molecule has 1 saturated carbocycles. The summed E-state index contributed by atoms with van der Waals surface area (Å²) in [6, 6.07) is 7.51. The fraction of sp³-hybridized carbons (Fsp3) is 0.579. The van der Waals surface area contributed by atoms with Crippen LogP contribution in [0.1, 0.15) is 45.1 Å². The number of hydrogen-bond acceptors (Lipinski definition) is 3. The lowest BCUT2D eigenvalue weighted by Crippen LogP contribution is -2.48. The van der Waals surface area contributed by atoms with E-state index in [1.54, 1.807) is 0 Å². The van der Waals surface area contributed by atoms with Crippen molar-refractivity contribution in [1.82, 2.24) is 5.32 Å². The standard InChI is InChI=1S/C19H26N2O2/c1-12-7-9-15(10-8-12)21-18(22)11-17(19(21)23)20-16-6-4-5-13(2)14(16)3/h7-10,13-14,16-17,20H,4-6,11H2,1-3H3/t13-,14+,16+,17-/m1/s1. The first-order valence-corrected chi connectivity index (χ1v) is 8.67. The Kier molecular flexibility index (Phi) is 4.53. The Morgan fingerprint density at radius 3 is 2.48 bits per heavy atom. The molecular weight excluding hydrogens is 288 g/mol. The van der Waals surface area contributed by atoms with Crippen LogP contribution in [-0.4, -0.2) is 23.9 Å². The highest BCUT2D eigenvalue weighted by atomic mass is 16.2. The van der Waals surface area contributed by atoms with Gasteiger partial charge in [-0.3, -0.25) is 9.59 Å². The maximum atomic E-state index is 12.7. The highest BCUT2D eigenvalue weighted by molar-refractivity contribution is 6.22. The van der Waals surface area contributed by atoms with Crippen molar-refractivity contribution in [1.29, 1.82) is 0 Å². The van der Waals surface area contributed by atoms with E-state index in [-0.39, 0.29) is 24.3 Å². The van der Waals surface area contributed by atoms with E-state index >= 15 is 0 Å². The number of nitrogens with zero attached hydrogens (tertiary/aromatic N) is 1.